The summed E-state index contributed by atoms with van der Waals surface area (Å²) in [5.74, 6) is -0.729. The Labute approximate surface area is 323 Å². The number of hydrogen-bond acceptors (Lipinski definition) is 10. The second kappa shape index (κ2) is 29.6. The van der Waals surface area contributed by atoms with Crippen LogP contribution in [0.1, 0.15) is 137 Å². The summed E-state index contributed by atoms with van der Waals surface area (Å²) < 4.78 is 20.3. The molecule has 312 valence electrons. The summed E-state index contributed by atoms with van der Waals surface area (Å²) in [6.45, 7) is 12.3. The highest BCUT2D eigenvalue weighted by Crippen LogP contribution is 2.22. The fraction of sp³-hybridized carbons (Fsp3) is 0.846. The first-order valence-corrected chi connectivity index (χ1v) is 20.4. The quantitative estimate of drug-likeness (QED) is 0.0419. The molecular formula is C39H71N5O10. The van der Waals surface area contributed by atoms with Gasteiger partial charge in [0.25, 0.3) is 0 Å². The zero-order valence-electron chi connectivity index (χ0n) is 33.9. The number of nitrogens with zero attached hydrogens (tertiary/aromatic N) is 1. The van der Waals surface area contributed by atoms with Gasteiger partial charge in [0.2, 0.25) is 5.91 Å². The first kappa shape index (κ1) is 48.2. The maximum Gasteiger partial charge on any atom is 0.407 e. The normalized spacial score (nSPS) is 14.7. The number of amides is 5. The average molecular weight is 770 g/mol. The second-order valence-electron chi connectivity index (χ2n) is 14.6. The van der Waals surface area contributed by atoms with Crippen LogP contribution in [0.4, 0.5) is 14.4 Å². The third-order valence-electron chi connectivity index (χ3n) is 9.74. The number of carbonyl (C=O) groups is 6. The summed E-state index contributed by atoms with van der Waals surface area (Å²) in [4.78, 5) is 74.3. The van der Waals surface area contributed by atoms with Crippen molar-refractivity contribution < 1.29 is 47.7 Å². The minimum Gasteiger partial charge on any atom is -0.462 e. The van der Waals surface area contributed by atoms with Crippen molar-refractivity contribution in [3.05, 3.63) is 0 Å². The Morgan fingerprint density at radius 1 is 0.667 bits per heavy atom. The summed E-state index contributed by atoms with van der Waals surface area (Å²) in [5, 5.41) is 11.4. The molecule has 0 aliphatic carbocycles. The second-order valence-corrected chi connectivity index (χ2v) is 14.6. The minimum absolute atomic E-state index is 0.0138. The Hall–Kier alpha value is -3.78. The van der Waals surface area contributed by atoms with Gasteiger partial charge in [-0.3, -0.25) is 14.4 Å². The Kier molecular flexibility index (Phi) is 26.4. The minimum atomic E-state index is -0.549. The molecule has 2 atom stereocenters. The molecule has 1 aliphatic heterocycles. The van der Waals surface area contributed by atoms with Crippen LogP contribution in [0.5, 0.6) is 0 Å². The summed E-state index contributed by atoms with van der Waals surface area (Å²) in [6, 6.07) is 0.107. The summed E-state index contributed by atoms with van der Waals surface area (Å²) >= 11 is 0. The van der Waals surface area contributed by atoms with E-state index in [-0.39, 0.29) is 62.3 Å². The van der Waals surface area contributed by atoms with Crippen LogP contribution in [0.3, 0.4) is 0 Å². The van der Waals surface area contributed by atoms with Gasteiger partial charge in [0.1, 0.15) is 26.4 Å². The topological polar surface area (TPSA) is 191 Å². The molecule has 0 aromatic heterocycles. The predicted molar refractivity (Wildman–Crippen MR) is 206 cm³/mol. The van der Waals surface area contributed by atoms with Crippen LogP contribution in [-0.2, 0) is 33.3 Å². The van der Waals surface area contributed by atoms with E-state index in [1.807, 2.05) is 32.6 Å². The van der Waals surface area contributed by atoms with Gasteiger partial charge in [0.05, 0.1) is 11.3 Å². The SMILES string of the molecule is CCC(C)C(=O)OCCOC(=O)NCCCCCCNC(=O)N1CCCCC1CCCC(=O)NCCCCCCNC(=O)OCCOC(=O)C(C)(C)CC. The van der Waals surface area contributed by atoms with E-state index in [1.165, 1.54) is 0 Å². The van der Waals surface area contributed by atoms with E-state index < -0.39 is 17.6 Å². The zero-order valence-corrected chi connectivity index (χ0v) is 33.9. The lowest BCUT2D eigenvalue weighted by molar-refractivity contribution is -0.155. The monoisotopic (exact) mass is 770 g/mol. The molecule has 15 nitrogen and oxygen atoms in total. The number of likely N-dealkylation sites (tertiary alicyclic amines) is 1. The largest absolute Gasteiger partial charge is 0.462 e. The zero-order chi connectivity index (χ0) is 40.0. The molecule has 1 heterocycles. The van der Waals surface area contributed by atoms with Crippen molar-refractivity contribution in [2.45, 2.75) is 143 Å². The molecule has 2 unspecified atom stereocenters. The Morgan fingerprint density at radius 3 is 1.74 bits per heavy atom. The van der Waals surface area contributed by atoms with Gasteiger partial charge < -0.3 is 45.1 Å². The van der Waals surface area contributed by atoms with Crippen LogP contribution in [0.15, 0.2) is 0 Å². The van der Waals surface area contributed by atoms with Gasteiger partial charge in [0, 0.05) is 45.2 Å². The number of alkyl carbamates (subject to hydrolysis) is 2. The van der Waals surface area contributed by atoms with Crippen molar-refractivity contribution in [1.82, 2.24) is 26.2 Å². The van der Waals surface area contributed by atoms with E-state index in [0.717, 1.165) is 90.0 Å². The van der Waals surface area contributed by atoms with E-state index in [1.54, 1.807) is 6.92 Å². The van der Waals surface area contributed by atoms with Gasteiger partial charge in [-0.15, -0.1) is 0 Å². The smallest absolute Gasteiger partial charge is 0.407 e. The van der Waals surface area contributed by atoms with Crippen LogP contribution < -0.4 is 21.3 Å². The molecule has 0 bridgehead atoms. The number of rotatable bonds is 28. The molecule has 15 heteroatoms. The molecule has 0 aromatic carbocycles. The number of nitrogens with one attached hydrogen (secondary N) is 4. The van der Waals surface area contributed by atoms with Crippen LogP contribution in [0.25, 0.3) is 0 Å². The number of unbranched alkanes of at least 4 members (excludes halogenated alkanes) is 6. The van der Waals surface area contributed by atoms with E-state index in [4.69, 9.17) is 18.9 Å². The molecule has 54 heavy (non-hydrogen) atoms. The standard InChI is InChI=1S/C39H71N5O10/c1-6-31(3)34(46)51-27-29-53-37(49)42-25-16-11-9-14-23-41-36(48)44-26-17-12-19-32(44)20-18-21-33(45)40-22-13-8-10-15-24-43-38(50)54-30-28-52-35(47)39(4,5)7-2/h31-32H,6-30H2,1-5H3,(H,40,45)(H,41,48)(H,42,49)(H,43,50). The average Bonchev–Trinajstić information content (AvgIpc) is 3.16. The Bertz CT molecular complexity index is 1110. The van der Waals surface area contributed by atoms with Crippen LogP contribution >= 0.6 is 0 Å². The van der Waals surface area contributed by atoms with Gasteiger partial charge in [-0.05, 0) is 84.5 Å². The van der Waals surface area contributed by atoms with Gasteiger partial charge in [-0.25, -0.2) is 14.4 Å². The molecule has 0 radical (unpaired) electrons. The number of esters is 2. The molecule has 1 aliphatic rings. The third kappa shape index (κ3) is 23.1. The first-order valence-electron chi connectivity index (χ1n) is 20.4. The molecule has 1 fully saturated rings. The van der Waals surface area contributed by atoms with E-state index >= 15 is 0 Å². The summed E-state index contributed by atoms with van der Waals surface area (Å²) in [6.07, 6.45) is 12.3. The van der Waals surface area contributed by atoms with Gasteiger partial charge in [-0.2, -0.15) is 0 Å². The third-order valence-corrected chi connectivity index (χ3v) is 9.74. The lowest BCUT2D eigenvalue weighted by Crippen LogP contribution is -2.48. The van der Waals surface area contributed by atoms with Gasteiger partial charge in [0.15, 0.2) is 0 Å². The van der Waals surface area contributed by atoms with Crippen molar-refractivity contribution >= 4 is 36.1 Å². The molecule has 0 spiro atoms. The van der Waals surface area contributed by atoms with Gasteiger partial charge in [-0.1, -0.05) is 46.5 Å². The molecule has 5 amide bonds. The van der Waals surface area contributed by atoms with Crippen LogP contribution in [0, 0.1) is 11.3 Å². The maximum atomic E-state index is 12.9. The van der Waals surface area contributed by atoms with Crippen molar-refractivity contribution in [2.24, 2.45) is 11.3 Å². The number of ether oxygens (including phenoxy) is 4. The van der Waals surface area contributed by atoms with E-state index in [0.29, 0.717) is 45.4 Å². The Balaban J connectivity index is 2.04. The molecule has 4 N–H and O–H groups in total. The number of piperidine rings is 1. The maximum absolute atomic E-state index is 12.9. The van der Waals surface area contributed by atoms with E-state index in [2.05, 4.69) is 21.3 Å². The molecule has 1 rings (SSSR count). The molecule has 0 saturated carbocycles. The van der Waals surface area contributed by atoms with Crippen LogP contribution in [0.2, 0.25) is 0 Å². The summed E-state index contributed by atoms with van der Waals surface area (Å²) in [7, 11) is 0. The lowest BCUT2D eigenvalue weighted by Gasteiger charge is -2.36. The predicted octanol–water partition coefficient (Wildman–Crippen LogP) is 5.98. The van der Waals surface area contributed by atoms with Crippen molar-refractivity contribution in [3.63, 3.8) is 0 Å². The fourth-order valence-electron chi connectivity index (χ4n) is 5.56. The highest BCUT2D eigenvalue weighted by molar-refractivity contribution is 5.76. The highest BCUT2D eigenvalue weighted by atomic mass is 16.6. The lowest BCUT2D eigenvalue weighted by atomic mass is 9.91. The van der Waals surface area contributed by atoms with Crippen molar-refractivity contribution in [1.29, 1.82) is 0 Å². The highest BCUT2D eigenvalue weighted by Gasteiger charge is 2.27. The first-order chi connectivity index (χ1) is 25.9. The number of carbonyl (C=O) groups excluding carboxylic acids is 6. The Morgan fingerprint density at radius 2 is 1.19 bits per heavy atom. The van der Waals surface area contributed by atoms with Crippen LogP contribution in [-0.4, -0.2) is 106 Å². The summed E-state index contributed by atoms with van der Waals surface area (Å²) in [5.41, 5.74) is -0.549. The van der Waals surface area contributed by atoms with Crippen molar-refractivity contribution in [3.8, 4) is 0 Å². The number of urea groups is 1. The number of hydrogen-bond donors (Lipinski definition) is 4. The molecule has 0 aromatic rings. The van der Waals surface area contributed by atoms with E-state index in [9.17, 15) is 28.8 Å². The molecular weight excluding hydrogens is 698 g/mol. The molecule has 1 saturated heterocycles. The van der Waals surface area contributed by atoms with Gasteiger partial charge >= 0.3 is 30.2 Å². The fourth-order valence-corrected chi connectivity index (χ4v) is 5.56. The van der Waals surface area contributed by atoms with Crippen molar-refractivity contribution in [2.75, 3.05) is 59.2 Å².